The second-order valence-corrected chi connectivity index (χ2v) is 6.36. The van der Waals surface area contributed by atoms with Gasteiger partial charge in [0.15, 0.2) is 0 Å². The zero-order valence-electron chi connectivity index (χ0n) is 15.6. The Morgan fingerprint density at radius 1 is 1.20 bits per heavy atom. The summed E-state index contributed by atoms with van der Waals surface area (Å²) in [5.74, 6) is -0.249. The lowest BCUT2D eigenvalue weighted by Crippen LogP contribution is -2.25. The number of aromatic nitrogens is 2. The lowest BCUT2D eigenvalue weighted by atomic mass is 10.0. The van der Waals surface area contributed by atoms with Crippen LogP contribution >= 0.6 is 0 Å². The average Bonchev–Trinajstić information content (AvgIpc) is 2.72. The molecular weight excluding hydrogens is 392 g/mol. The molecule has 154 valence electrons. The van der Waals surface area contributed by atoms with E-state index in [4.69, 9.17) is 10.8 Å². The summed E-state index contributed by atoms with van der Waals surface area (Å²) in [5, 5.41) is 26.0. The molecule has 0 saturated carbocycles. The number of hydrogen-bond acceptors (Lipinski definition) is 7. The minimum Gasteiger partial charge on any atom is -0.465 e. The van der Waals surface area contributed by atoms with Gasteiger partial charge >= 0.3 is 6.09 Å². The molecule has 0 fully saturated rings. The van der Waals surface area contributed by atoms with Crippen molar-refractivity contribution in [1.82, 2.24) is 15.3 Å². The van der Waals surface area contributed by atoms with Crippen molar-refractivity contribution in [3.05, 3.63) is 70.0 Å². The van der Waals surface area contributed by atoms with Gasteiger partial charge in [0, 0.05) is 24.1 Å². The molecule has 1 atom stereocenters. The number of carbonyl (C=O) groups excluding carboxylic acids is 1. The number of nitrogens with two attached hydrogens (primary N) is 1. The number of primary amides is 1. The fraction of sp³-hybridized carbons (Fsp3) is 0.158. The van der Waals surface area contributed by atoms with Crippen molar-refractivity contribution in [1.29, 1.82) is 0 Å². The monoisotopic (exact) mass is 410 g/mol. The molecule has 11 nitrogen and oxygen atoms in total. The predicted molar refractivity (Wildman–Crippen MR) is 108 cm³/mol. The SMILES string of the molecule is NC(=O)c1cccc2c(NC(CCNC(=O)O)c3cccc([N+](=O)[O-])c3)ncnc12. The first-order valence-electron chi connectivity index (χ1n) is 8.88. The standard InChI is InChI=1S/C19H18N6O5/c20-17(26)13-5-2-6-14-16(13)22-10-23-18(14)24-15(7-8-21-19(27)28)11-3-1-4-12(9-11)25(29)30/h1-6,9-10,15,21H,7-8H2,(H2,20,26)(H,27,28)(H,22,23,24). The maximum absolute atomic E-state index is 11.7. The van der Waals surface area contributed by atoms with E-state index >= 15 is 0 Å². The molecule has 11 heteroatoms. The highest BCUT2D eigenvalue weighted by Gasteiger charge is 2.18. The van der Waals surface area contributed by atoms with Crippen LogP contribution in [0.2, 0.25) is 0 Å². The predicted octanol–water partition coefficient (Wildman–Crippen LogP) is 2.45. The van der Waals surface area contributed by atoms with Crippen molar-refractivity contribution >= 4 is 34.4 Å². The van der Waals surface area contributed by atoms with Crippen molar-refractivity contribution in [3.8, 4) is 0 Å². The number of anilines is 1. The van der Waals surface area contributed by atoms with Crippen LogP contribution in [-0.2, 0) is 0 Å². The molecule has 3 rings (SSSR count). The first kappa shape index (κ1) is 20.5. The smallest absolute Gasteiger partial charge is 0.404 e. The molecule has 0 radical (unpaired) electrons. The van der Waals surface area contributed by atoms with Crippen molar-refractivity contribution in [2.45, 2.75) is 12.5 Å². The number of non-ortho nitro benzene ring substituents is 1. The maximum atomic E-state index is 11.7. The molecule has 30 heavy (non-hydrogen) atoms. The van der Waals surface area contributed by atoms with Crippen LogP contribution in [0.25, 0.3) is 10.9 Å². The molecule has 5 N–H and O–H groups in total. The number of carboxylic acid groups (broad SMARTS) is 1. The van der Waals surface area contributed by atoms with E-state index in [9.17, 15) is 19.7 Å². The Morgan fingerprint density at radius 2 is 1.97 bits per heavy atom. The minimum absolute atomic E-state index is 0.0888. The van der Waals surface area contributed by atoms with Crippen LogP contribution in [-0.4, -0.2) is 38.5 Å². The fourth-order valence-corrected chi connectivity index (χ4v) is 3.07. The highest BCUT2D eigenvalue weighted by Crippen LogP contribution is 2.29. The third kappa shape index (κ3) is 4.58. The van der Waals surface area contributed by atoms with Gasteiger partial charge in [0.25, 0.3) is 11.6 Å². The Balaban J connectivity index is 2.00. The summed E-state index contributed by atoms with van der Waals surface area (Å²) in [6.07, 6.45) is 0.386. The van der Waals surface area contributed by atoms with Gasteiger partial charge in [-0.3, -0.25) is 14.9 Å². The van der Waals surface area contributed by atoms with Crippen LogP contribution < -0.4 is 16.4 Å². The number of benzene rings is 2. The van der Waals surface area contributed by atoms with Gasteiger partial charge in [-0.25, -0.2) is 14.8 Å². The Kier molecular flexibility index (Phi) is 6.01. The number of nitro benzene ring substituents is 1. The second-order valence-electron chi connectivity index (χ2n) is 6.36. The van der Waals surface area contributed by atoms with Gasteiger partial charge in [0.2, 0.25) is 0 Å². The van der Waals surface area contributed by atoms with E-state index in [2.05, 4.69) is 20.6 Å². The van der Waals surface area contributed by atoms with Crippen molar-refractivity contribution in [3.63, 3.8) is 0 Å². The zero-order valence-corrected chi connectivity index (χ0v) is 15.6. The van der Waals surface area contributed by atoms with Crippen LogP contribution in [0.4, 0.5) is 16.3 Å². The normalized spacial score (nSPS) is 11.6. The number of nitro groups is 1. The molecule has 0 bridgehead atoms. The van der Waals surface area contributed by atoms with Crippen molar-refractivity contribution in [2.75, 3.05) is 11.9 Å². The number of fused-ring (bicyclic) bond motifs is 1. The van der Waals surface area contributed by atoms with E-state index in [0.717, 1.165) is 0 Å². The van der Waals surface area contributed by atoms with Crippen LogP contribution in [0.1, 0.15) is 28.4 Å². The number of amides is 2. The summed E-state index contributed by atoms with van der Waals surface area (Å²) in [5.41, 5.74) is 6.50. The minimum atomic E-state index is -1.17. The number of para-hydroxylation sites is 1. The van der Waals surface area contributed by atoms with E-state index in [0.29, 0.717) is 22.3 Å². The summed E-state index contributed by atoms with van der Waals surface area (Å²) in [6, 6.07) is 10.4. The van der Waals surface area contributed by atoms with Gasteiger partial charge in [0.05, 0.1) is 22.0 Å². The quantitative estimate of drug-likeness (QED) is 0.323. The van der Waals surface area contributed by atoms with Crippen LogP contribution in [0.3, 0.4) is 0 Å². The number of hydrogen-bond donors (Lipinski definition) is 4. The van der Waals surface area contributed by atoms with Gasteiger partial charge in [-0.15, -0.1) is 0 Å². The number of nitrogens with zero attached hydrogens (tertiary/aromatic N) is 3. The van der Waals surface area contributed by atoms with Crippen molar-refractivity contribution in [2.24, 2.45) is 5.73 Å². The van der Waals surface area contributed by atoms with Crippen LogP contribution in [0, 0.1) is 10.1 Å². The molecule has 3 aromatic rings. The van der Waals surface area contributed by atoms with Crippen LogP contribution in [0.15, 0.2) is 48.8 Å². The Labute approximate surface area is 170 Å². The largest absolute Gasteiger partial charge is 0.465 e. The molecular formula is C19H18N6O5. The fourth-order valence-electron chi connectivity index (χ4n) is 3.07. The van der Waals surface area contributed by atoms with Gasteiger partial charge in [-0.05, 0) is 24.1 Å². The molecule has 1 unspecified atom stereocenters. The van der Waals surface area contributed by atoms with E-state index in [1.807, 2.05) is 0 Å². The molecule has 0 aliphatic heterocycles. The Morgan fingerprint density at radius 3 is 2.67 bits per heavy atom. The molecule has 0 aliphatic rings. The van der Waals surface area contributed by atoms with Crippen LogP contribution in [0.5, 0.6) is 0 Å². The molecule has 1 aromatic heterocycles. The third-order valence-corrected chi connectivity index (χ3v) is 4.43. The summed E-state index contributed by atoms with van der Waals surface area (Å²) in [7, 11) is 0. The van der Waals surface area contributed by atoms with E-state index < -0.39 is 23.0 Å². The summed E-state index contributed by atoms with van der Waals surface area (Å²) >= 11 is 0. The summed E-state index contributed by atoms with van der Waals surface area (Å²) < 4.78 is 0. The first-order valence-corrected chi connectivity index (χ1v) is 8.88. The van der Waals surface area contributed by atoms with Gasteiger partial charge in [-0.2, -0.15) is 0 Å². The van der Waals surface area contributed by atoms with E-state index in [1.165, 1.54) is 18.5 Å². The highest BCUT2D eigenvalue weighted by atomic mass is 16.6. The molecule has 2 aromatic carbocycles. The summed E-state index contributed by atoms with van der Waals surface area (Å²) in [4.78, 5) is 41.5. The molecule has 2 amide bonds. The average molecular weight is 410 g/mol. The zero-order chi connectivity index (χ0) is 21.7. The Hall–Kier alpha value is -4.28. The number of nitrogens with one attached hydrogen (secondary N) is 2. The number of carbonyl (C=O) groups is 2. The van der Waals surface area contributed by atoms with Gasteiger partial charge in [-0.1, -0.05) is 18.2 Å². The molecule has 0 saturated heterocycles. The van der Waals surface area contributed by atoms with Crippen molar-refractivity contribution < 1.29 is 19.6 Å². The van der Waals surface area contributed by atoms with E-state index in [1.54, 1.807) is 30.3 Å². The van der Waals surface area contributed by atoms with Gasteiger partial charge in [0.1, 0.15) is 12.1 Å². The highest BCUT2D eigenvalue weighted by molar-refractivity contribution is 6.06. The third-order valence-electron chi connectivity index (χ3n) is 4.43. The summed E-state index contributed by atoms with van der Waals surface area (Å²) in [6.45, 7) is 0.102. The topological polar surface area (TPSA) is 173 Å². The second kappa shape index (κ2) is 8.82. The molecule has 0 aliphatic carbocycles. The number of rotatable bonds is 8. The molecule has 0 spiro atoms. The van der Waals surface area contributed by atoms with Gasteiger partial charge < -0.3 is 21.5 Å². The molecule has 1 heterocycles. The van der Waals surface area contributed by atoms with E-state index in [-0.39, 0.29) is 24.2 Å². The lowest BCUT2D eigenvalue weighted by molar-refractivity contribution is -0.384. The first-order chi connectivity index (χ1) is 14.4. The maximum Gasteiger partial charge on any atom is 0.404 e. The Bertz CT molecular complexity index is 1120. The lowest BCUT2D eigenvalue weighted by Gasteiger charge is -2.21.